The molecular weight excluding hydrogens is 230 g/mol. The molecular formula is C13H25N3O2. The predicted octanol–water partition coefficient (Wildman–Crippen LogP) is 0.805. The molecule has 1 unspecified atom stereocenters. The maximum atomic E-state index is 11.5. The first-order valence-corrected chi connectivity index (χ1v) is 6.85. The van der Waals surface area contributed by atoms with Crippen LogP contribution in [-0.2, 0) is 4.74 Å². The average Bonchev–Trinajstić information content (AvgIpc) is 2.65. The summed E-state index contributed by atoms with van der Waals surface area (Å²) in [5.41, 5.74) is -0.411. The Labute approximate surface area is 109 Å². The van der Waals surface area contributed by atoms with Gasteiger partial charge in [0.05, 0.1) is 0 Å². The summed E-state index contributed by atoms with van der Waals surface area (Å²) < 4.78 is 5.21. The number of hydrogen-bond acceptors (Lipinski definition) is 4. The molecule has 0 spiro atoms. The van der Waals surface area contributed by atoms with E-state index < -0.39 is 5.60 Å². The highest BCUT2D eigenvalue weighted by Crippen LogP contribution is 2.21. The number of hydrogen-bond donors (Lipinski definition) is 2. The lowest BCUT2D eigenvalue weighted by Gasteiger charge is -2.43. The molecule has 0 aromatic rings. The van der Waals surface area contributed by atoms with Crippen LogP contribution in [0.15, 0.2) is 0 Å². The van der Waals surface area contributed by atoms with Gasteiger partial charge < -0.3 is 15.4 Å². The van der Waals surface area contributed by atoms with Crippen LogP contribution in [0, 0.1) is 5.92 Å². The zero-order valence-corrected chi connectivity index (χ0v) is 11.7. The minimum atomic E-state index is -0.411. The lowest BCUT2D eigenvalue weighted by atomic mass is 9.97. The molecule has 18 heavy (non-hydrogen) atoms. The normalized spacial score (nSPS) is 25.8. The average molecular weight is 255 g/mol. The van der Waals surface area contributed by atoms with E-state index in [-0.39, 0.29) is 6.09 Å². The molecule has 2 fully saturated rings. The van der Waals surface area contributed by atoms with Crippen molar-refractivity contribution in [1.82, 2.24) is 15.5 Å². The summed E-state index contributed by atoms with van der Waals surface area (Å²) in [7, 11) is 0. The van der Waals surface area contributed by atoms with Gasteiger partial charge in [0.1, 0.15) is 5.60 Å². The first kappa shape index (κ1) is 13.6. The summed E-state index contributed by atoms with van der Waals surface area (Å²) in [5, 5.41) is 6.23. The Bertz CT molecular complexity index is 289. The number of nitrogens with one attached hydrogen (secondary N) is 2. The second-order valence-corrected chi connectivity index (χ2v) is 6.35. The molecule has 2 aliphatic heterocycles. The fourth-order valence-corrected chi connectivity index (χ4v) is 2.53. The summed E-state index contributed by atoms with van der Waals surface area (Å²) in [5.74, 6) is 0.582. The van der Waals surface area contributed by atoms with Crippen LogP contribution < -0.4 is 10.6 Å². The fraction of sp³-hybridized carbons (Fsp3) is 0.923. The third kappa shape index (κ3) is 3.85. The van der Waals surface area contributed by atoms with Crippen molar-refractivity contribution in [3.8, 4) is 0 Å². The minimum absolute atomic E-state index is 0.302. The number of carbonyl (C=O) groups is 1. The van der Waals surface area contributed by atoms with E-state index >= 15 is 0 Å². The summed E-state index contributed by atoms with van der Waals surface area (Å²) >= 11 is 0. The number of nitrogens with zero attached hydrogens (tertiary/aromatic N) is 1. The summed E-state index contributed by atoms with van der Waals surface area (Å²) in [6, 6.07) is 0.711. The number of amides is 1. The molecule has 1 atom stereocenters. The Hall–Kier alpha value is -0.810. The van der Waals surface area contributed by atoms with Gasteiger partial charge >= 0.3 is 6.09 Å². The number of rotatable bonds is 3. The van der Waals surface area contributed by atoms with Crippen molar-refractivity contribution < 1.29 is 9.53 Å². The van der Waals surface area contributed by atoms with E-state index in [1.54, 1.807) is 0 Å². The number of likely N-dealkylation sites (tertiary alicyclic amines) is 1. The van der Waals surface area contributed by atoms with Crippen LogP contribution in [0.1, 0.15) is 27.2 Å². The van der Waals surface area contributed by atoms with Crippen LogP contribution in [0.2, 0.25) is 0 Å². The Morgan fingerprint density at radius 3 is 2.72 bits per heavy atom. The second-order valence-electron chi connectivity index (χ2n) is 6.35. The molecule has 0 aromatic heterocycles. The smallest absolute Gasteiger partial charge is 0.407 e. The molecule has 2 heterocycles. The molecule has 2 rings (SSSR count). The van der Waals surface area contributed by atoms with Crippen molar-refractivity contribution in [2.24, 2.45) is 5.92 Å². The van der Waals surface area contributed by atoms with E-state index in [0.29, 0.717) is 12.0 Å². The Balaban J connectivity index is 1.58. The highest BCUT2D eigenvalue weighted by Gasteiger charge is 2.33. The van der Waals surface area contributed by atoms with Crippen molar-refractivity contribution in [2.45, 2.75) is 38.8 Å². The largest absolute Gasteiger partial charge is 0.444 e. The molecule has 0 radical (unpaired) electrons. The van der Waals surface area contributed by atoms with Gasteiger partial charge in [-0.3, -0.25) is 4.90 Å². The topological polar surface area (TPSA) is 53.6 Å². The van der Waals surface area contributed by atoms with E-state index in [2.05, 4.69) is 15.5 Å². The molecule has 1 amide bonds. The molecule has 5 nitrogen and oxygen atoms in total. The van der Waals surface area contributed by atoms with Gasteiger partial charge in [-0.25, -0.2) is 4.79 Å². The monoisotopic (exact) mass is 255 g/mol. The number of alkyl carbamates (subject to hydrolysis) is 1. The molecule has 0 saturated carbocycles. The second kappa shape index (κ2) is 5.45. The highest BCUT2D eigenvalue weighted by molar-refractivity contribution is 5.67. The molecule has 2 saturated heterocycles. The van der Waals surface area contributed by atoms with Crippen molar-refractivity contribution in [2.75, 3.05) is 32.7 Å². The Kier molecular flexibility index (Phi) is 4.12. The fourth-order valence-electron chi connectivity index (χ4n) is 2.53. The Morgan fingerprint density at radius 1 is 1.44 bits per heavy atom. The zero-order valence-electron chi connectivity index (χ0n) is 11.7. The van der Waals surface area contributed by atoms with E-state index in [0.717, 1.165) is 32.7 Å². The SMILES string of the molecule is CC(C)(C)OC(=O)NCC1CN(C2CCNC2)C1. The van der Waals surface area contributed by atoms with Crippen LogP contribution in [0.3, 0.4) is 0 Å². The van der Waals surface area contributed by atoms with Gasteiger partial charge in [0.25, 0.3) is 0 Å². The Morgan fingerprint density at radius 2 is 2.17 bits per heavy atom. The molecule has 0 aliphatic carbocycles. The maximum absolute atomic E-state index is 11.5. The molecule has 5 heteroatoms. The van der Waals surface area contributed by atoms with Crippen molar-refractivity contribution in [3.05, 3.63) is 0 Å². The molecule has 2 aliphatic rings. The van der Waals surface area contributed by atoms with E-state index in [1.807, 2.05) is 20.8 Å². The van der Waals surface area contributed by atoms with Gasteiger partial charge in [-0.05, 0) is 33.7 Å². The summed E-state index contributed by atoms with van der Waals surface area (Å²) in [6.07, 6.45) is 0.954. The summed E-state index contributed by atoms with van der Waals surface area (Å²) in [4.78, 5) is 14.0. The number of carbonyl (C=O) groups excluding carboxylic acids is 1. The van der Waals surface area contributed by atoms with Crippen molar-refractivity contribution in [3.63, 3.8) is 0 Å². The van der Waals surface area contributed by atoms with E-state index in [1.165, 1.54) is 6.42 Å². The standard InChI is InChI=1S/C13H25N3O2/c1-13(2,3)18-12(17)15-6-10-8-16(9-10)11-4-5-14-7-11/h10-11,14H,4-9H2,1-3H3,(H,15,17). The van der Waals surface area contributed by atoms with Crippen molar-refractivity contribution in [1.29, 1.82) is 0 Å². The van der Waals surface area contributed by atoms with Gasteiger partial charge in [0.2, 0.25) is 0 Å². The maximum Gasteiger partial charge on any atom is 0.407 e. The van der Waals surface area contributed by atoms with Crippen LogP contribution in [0.5, 0.6) is 0 Å². The van der Waals surface area contributed by atoms with Crippen LogP contribution in [0.25, 0.3) is 0 Å². The lowest BCUT2D eigenvalue weighted by Crippen LogP contribution is -2.56. The molecule has 104 valence electrons. The van der Waals surface area contributed by atoms with E-state index in [9.17, 15) is 4.79 Å². The predicted molar refractivity (Wildman–Crippen MR) is 70.6 cm³/mol. The third-order valence-corrected chi connectivity index (χ3v) is 3.47. The van der Waals surface area contributed by atoms with Gasteiger partial charge in [-0.15, -0.1) is 0 Å². The first-order chi connectivity index (χ1) is 8.44. The molecule has 0 bridgehead atoms. The van der Waals surface area contributed by atoms with Crippen molar-refractivity contribution >= 4 is 6.09 Å². The zero-order chi connectivity index (χ0) is 13.2. The van der Waals surface area contributed by atoms with Gasteiger partial charge in [-0.2, -0.15) is 0 Å². The lowest BCUT2D eigenvalue weighted by molar-refractivity contribution is 0.0396. The summed E-state index contributed by atoms with van der Waals surface area (Å²) in [6.45, 7) is 10.8. The minimum Gasteiger partial charge on any atom is -0.444 e. The quantitative estimate of drug-likeness (QED) is 0.783. The first-order valence-electron chi connectivity index (χ1n) is 6.85. The highest BCUT2D eigenvalue weighted by atomic mass is 16.6. The molecule has 2 N–H and O–H groups in total. The third-order valence-electron chi connectivity index (χ3n) is 3.47. The van der Waals surface area contributed by atoms with Crippen LogP contribution in [-0.4, -0.2) is 55.4 Å². The molecule has 0 aromatic carbocycles. The van der Waals surface area contributed by atoms with Gasteiger partial charge in [0, 0.05) is 38.1 Å². The number of ether oxygens (including phenoxy) is 1. The van der Waals surface area contributed by atoms with Gasteiger partial charge in [0.15, 0.2) is 0 Å². The van der Waals surface area contributed by atoms with Crippen LogP contribution in [0.4, 0.5) is 4.79 Å². The van der Waals surface area contributed by atoms with Crippen LogP contribution >= 0.6 is 0 Å². The van der Waals surface area contributed by atoms with E-state index in [4.69, 9.17) is 4.74 Å². The van der Waals surface area contributed by atoms with Gasteiger partial charge in [-0.1, -0.05) is 0 Å².